The Bertz CT molecular complexity index is 1880. The fourth-order valence-electron chi connectivity index (χ4n) is 7.52. The van der Waals surface area contributed by atoms with Crippen molar-refractivity contribution in [3.05, 3.63) is 120 Å². The molecule has 11 nitrogen and oxygen atoms in total. The second-order valence-electron chi connectivity index (χ2n) is 12.5. The van der Waals surface area contributed by atoms with Crippen LogP contribution in [0.5, 0.6) is 0 Å². The summed E-state index contributed by atoms with van der Waals surface area (Å²) in [6.07, 6.45) is 7.12. The van der Waals surface area contributed by atoms with Gasteiger partial charge in [-0.2, -0.15) is 0 Å². The highest BCUT2D eigenvalue weighted by atomic mass is 33.1. The number of hydrogen-bond acceptors (Lipinski definition) is 11. The van der Waals surface area contributed by atoms with Gasteiger partial charge in [-0.3, -0.25) is 19.2 Å². The summed E-state index contributed by atoms with van der Waals surface area (Å²) in [6.45, 7) is 1.21. The monoisotopic (exact) mass is 698 g/mol. The van der Waals surface area contributed by atoms with E-state index in [4.69, 9.17) is 18.9 Å². The molecule has 0 N–H and O–H groups in total. The molecule has 2 amide bonds. The van der Waals surface area contributed by atoms with Crippen LogP contribution in [-0.2, 0) is 49.3 Å². The maximum atomic E-state index is 14.9. The molecule has 0 saturated carbocycles. The molecule has 0 radical (unpaired) electrons. The highest BCUT2D eigenvalue weighted by Gasteiger charge is 2.77. The third kappa shape index (κ3) is 5.01. The molecular weight excluding hydrogens is 669 g/mol. The molecule has 2 aromatic carbocycles. The van der Waals surface area contributed by atoms with Crippen LogP contribution in [0, 0.1) is 0 Å². The van der Waals surface area contributed by atoms with Gasteiger partial charge >= 0.3 is 17.9 Å². The first-order chi connectivity index (χ1) is 23.7. The highest BCUT2D eigenvalue weighted by molar-refractivity contribution is 8.78. The number of allylic oxidation sites excluding steroid dienone is 2. The Kier molecular flexibility index (Phi) is 7.71. The van der Waals surface area contributed by atoms with Gasteiger partial charge in [0, 0.05) is 25.3 Å². The average Bonchev–Trinajstić information content (AvgIpc) is 3.56. The number of hydrogen-bond donors (Lipinski definition) is 0. The molecule has 2 aromatic rings. The number of ether oxygens (including phenoxy) is 4. The van der Waals surface area contributed by atoms with Gasteiger partial charge < -0.3 is 28.7 Å². The van der Waals surface area contributed by atoms with Crippen molar-refractivity contribution in [2.45, 2.75) is 66.3 Å². The molecule has 6 aliphatic heterocycles. The van der Waals surface area contributed by atoms with Crippen molar-refractivity contribution in [2.75, 3.05) is 0 Å². The number of carbonyl (C=O) groups is 5. The van der Waals surface area contributed by atoms with Crippen LogP contribution in [0.15, 0.2) is 109 Å². The van der Waals surface area contributed by atoms with Gasteiger partial charge in [-0.15, -0.1) is 0 Å². The summed E-state index contributed by atoms with van der Waals surface area (Å²) in [4.78, 5) is 68.9. The fourth-order valence-corrected chi connectivity index (χ4v) is 11.2. The Morgan fingerprint density at radius 1 is 0.857 bits per heavy atom. The van der Waals surface area contributed by atoms with Crippen LogP contribution in [-0.4, -0.2) is 73.6 Å². The van der Waals surface area contributed by atoms with E-state index in [0.717, 1.165) is 11.1 Å². The summed E-state index contributed by atoms with van der Waals surface area (Å²) in [5.74, 6) is -2.51. The Morgan fingerprint density at radius 3 is 2.14 bits per heavy atom. The minimum atomic E-state index is -1.36. The number of benzene rings is 2. The Balaban J connectivity index is 1.09. The number of piperazine rings is 1. The van der Waals surface area contributed by atoms with Gasteiger partial charge in [0.1, 0.15) is 12.2 Å². The van der Waals surface area contributed by atoms with Crippen LogP contribution in [0.4, 0.5) is 0 Å². The molecule has 5 fully saturated rings. The van der Waals surface area contributed by atoms with E-state index in [-0.39, 0.29) is 31.1 Å². The lowest BCUT2D eigenvalue weighted by molar-refractivity contribution is -0.176. The van der Waals surface area contributed by atoms with Gasteiger partial charge in [-0.05, 0) is 28.9 Å². The van der Waals surface area contributed by atoms with Gasteiger partial charge in [0.2, 0.25) is 6.10 Å². The van der Waals surface area contributed by atoms with E-state index in [0.29, 0.717) is 11.1 Å². The van der Waals surface area contributed by atoms with E-state index in [1.54, 1.807) is 52.3 Å². The molecular formula is C36H30N2O9S2. The van der Waals surface area contributed by atoms with Crippen molar-refractivity contribution >= 4 is 51.3 Å². The number of rotatable bonds is 7. The predicted molar refractivity (Wildman–Crippen MR) is 178 cm³/mol. The van der Waals surface area contributed by atoms with Gasteiger partial charge in [0.25, 0.3) is 11.8 Å². The van der Waals surface area contributed by atoms with Crippen LogP contribution in [0.3, 0.4) is 0 Å². The zero-order valence-electron chi connectivity index (χ0n) is 26.1. The maximum Gasteiger partial charge on any atom is 0.352 e. The van der Waals surface area contributed by atoms with E-state index in [9.17, 15) is 24.0 Å². The number of amides is 2. The zero-order valence-corrected chi connectivity index (χ0v) is 27.8. The van der Waals surface area contributed by atoms with E-state index < -0.39 is 58.0 Å². The smallest absolute Gasteiger partial charge is 0.352 e. The van der Waals surface area contributed by atoms with Crippen molar-refractivity contribution < 1.29 is 42.9 Å². The standard InChI is InChI=1S/C36H30N2O9S2/c1-21(39)45-31(23-11-6-3-7-12-23)32(41)47-27-15-16-44-20-25-19-36-34(43)37-29-24(18-35(37,48-49-36)33(42)38(36)30(25)27)13-8-14-26(29)46-28(40)17-22-9-4-2-5-10-22/h2-16,20,26-27,29-31H,17-19H2,1H3/t26-,27-,29-,30-,31+,35+,36+/m0/s1. The van der Waals surface area contributed by atoms with Crippen molar-refractivity contribution in [1.82, 2.24) is 9.80 Å². The molecule has 2 bridgehead atoms. The molecule has 13 heteroatoms. The lowest BCUT2D eigenvalue weighted by atomic mass is 9.96. The van der Waals surface area contributed by atoms with E-state index in [1.807, 2.05) is 36.4 Å². The molecule has 9 rings (SSSR count). The first-order valence-corrected chi connectivity index (χ1v) is 18.0. The average molecular weight is 699 g/mol. The maximum absolute atomic E-state index is 14.9. The van der Waals surface area contributed by atoms with Crippen LogP contribution < -0.4 is 0 Å². The summed E-state index contributed by atoms with van der Waals surface area (Å²) >= 11 is 0. The van der Waals surface area contributed by atoms with Gasteiger partial charge in [-0.25, -0.2) is 4.79 Å². The minimum absolute atomic E-state index is 0.0727. The normalized spacial score (nSPS) is 30.9. The number of carbonyl (C=O) groups excluding carboxylic acids is 5. The van der Waals surface area contributed by atoms with Crippen molar-refractivity contribution in [2.24, 2.45) is 0 Å². The van der Waals surface area contributed by atoms with Crippen LogP contribution in [0.25, 0.3) is 0 Å². The summed E-state index contributed by atoms with van der Waals surface area (Å²) in [6, 6.07) is 16.3. The SMILES string of the molecule is CC(=O)O[C@@H](C(=O)O[C@H]1C=COC=C2C[C@@]34SS[C@]5(CC6=CC=C[C@H](OC(=O)Cc7ccccc7)[C@H]6N5C3=O)C(=O)N4[C@@H]21)c1ccccc1. The second kappa shape index (κ2) is 12.0. The fraction of sp³-hybridized carbons (Fsp3) is 0.306. The van der Waals surface area contributed by atoms with Crippen LogP contribution >= 0.6 is 21.6 Å². The van der Waals surface area contributed by atoms with Gasteiger partial charge in [-0.1, -0.05) is 94.4 Å². The molecule has 0 unspecified atom stereocenters. The number of esters is 3. The molecule has 6 heterocycles. The Morgan fingerprint density at radius 2 is 1.47 bits per heavy atom. The van der Waals surface area contributed by atoms with Crippen LogP contribution in [0.2, 0.25) is 0 Å². The van der Waals surface area contributed by atoms with Crippen LogP contribution in [0.1, 0.15) is 37.0 Å². The largest absolute Gasteiger partial charge is 0.473 e. The van der Waals surface area contributed by atoms with Crippen molar-refractivity contribution in [1.29, 1.82) is 0 Å². The summed E-state index contributed by atoms with van der Waals surface area (Å²) in [5, 5.41) is 0. The third-order valence-corrected chi connectivity index (χ3v) is 13.1. The summed E-state index contributed by atoms with van der Waals surface area (Å²) in [7, 11) is 2.67. The number of nitrogens with zero attached hydrogens (tertiary/aromatic N) is 2. The summed E-state index contributed by atoms with van der Waals surface area (Å²) in [5.41, 5.74) is 2.66. The molecule has 49 heavy (non-hydrogen) atoms. The molecule has 5 saturated heterocycles. The number of fused-ring (bicyclic) bond motifs is 3. The third-order valence-electron chi connectivity index (χ3n) is 9.52. The molecule has 7 atom stereocenters. The van der Waals surface area contributed by atoms with Gasteiger partial charge in [0.05, 0.1) is 31.0 Å². The highest BCUT2D eigenvalue weighted by Crippen LogP contribution is 2.69. The van der Waals surface area contributed by atoms with Gasteiger partial charge in [0.15, 0.2) is 9.74 Å². The van der Waals surface area contributed by atoms with Crippen molar-refractivity contribution in [3.8, 4) is 0 Å². The lowest BCUT2D eigenvalue weighted by Crippen LogP contribution is -2.77. The molecule has 2 spiro atoms. The topological polar surface area (TPSA) is 129 Å². The molecule has 250 valence electrons. The zero-order chi connectivity index (χ0) is 33.9. The summed E-state index contributed by atoms with van der Waals surface area (Å²) < 4.78 is 23.0. The first kappa shape index (κ1) is 31.5. The Labute approximate surface area is 289 Å². The quantitative estimate of drug-likeness (QED) is 0.234. The minimum Gasteiger partial charge on any atom is -0.473 e. The van der Waals surface area contributed by atoms with Crippen molar-refractivity contribution in [3.63, 3.8) is 0 Å². The van der Waals surface area contributed by atoms with E-state index >= 15 is 0 Å². The second-order valence-corrected chi connectivity index (χ2v) is 15.2. The predicted octanol–water partition coefficient (Wildman–Crippen LogP) is 4.28. The molecule has 0 aromatic heterocycles. The first-order valence-electron chi connectivity index (χ1n) is 15.8. The lowest BCUT2D eigenvalue weighted by Gasteiger charge is -2.58. The molecule has 7 aliphatic rings. The Hall–Kier alpha value is -4.75. The van der Waals surface area contributed by atoms with E-state index in [2.05, 4.69) is 0 Å². The van der Waals surface area contributed by atoms with E-state index in [1.165, 1.54) is 47.1 Å². The molecule has 1 aliphatic carbocycles.